The molecule has 2 aliphatic rings. The van der Waals surface area contributed by atoms with Crippen molar-refractivity contribution in [2.75, 3.05) is 39.8 Å². The van der Waals surface area contributed by atoms with Crippen LogP contribution >= 0.6 is 0 Å². The van der Waals surface area contributed by atoms with Crippen LogP contribution in [0.2, 0.25) is 0 Å². The van der Waals surface area contributed by atoms with Gasteiger partial charge in [0, 0.05) is 25.7 Å². The van der Waals surface area contributed by atoms with E-state index in [1.807, 2.05) is 0 Å². The van der Waals surface area contributed by atoms with Crippen molar-refractivity contribution in [2.24, 2.45) is 5.92 Å². The number of nitrogens with zero attached hydrogens (tertiary/aromatic N) is 2. The zero-order valence-corrected chi connectivity index (χ0v) is 11.1. The molecule has 2 unspecified atom stereocenters. The molecule has 1 N–H and O–H groups in total. The van der Waals surface area contributed by atoms with E-state index in [1.54, 1.807) is 0 Å². The molecule has 2 fully saturated rings. The molecular weight excluding hydrogens is 214 g/mol. The first kappa shape index (κ1) is 12.8. The number of amides is 1. The van der Waals surface area contributed by atoms with Crippen molar-refractivity contribution < 1.29 is 4.79 Å². The summed E-state index contributed by atoms with van der Waals surface area (Å²) in [4.78, 5) is 16.9. The number of carbonyl (C=O) groups is 1. The van der Waals surface area contributed by atoms with Gasteiger partial charge in [-0.3, -0.25) is 4.79 Å². The van der Waals surface area contributed by atoms with Crippen LogP contribution in [0.5, 0.6) is 0 Å². The van der Waals surface area contributed by atoms with Gasteiger partial charge in [0.2, 0.25) is 5.91 Å². The lowest BCUT2D eigenvalue weighted by Gasteiger charge is -2.33. The number of piperidine rings is 1. The lowest BCUT2D eigenvalue weighted by Crippen LogP contribution is -2.48. The predicted octanol–water partition coefficient (Wildman–Crippen LogP) is 0.539. The van der Waals surface area contributed by atoms with Gasteiger partial charge >= 0.3 is 0 Å². The fourth-order valence-corrected chi connectivity index (χ4v) is 3.00. The van der Waals surface area contributed by atoms with E-state index in [9.17, 15) is 4.79 Å². The lowest BCUT2D eigenvalue weighted by atomic mass is 9.97. The molecule has 4 nitrogen and oxygen atoms in total. The third-order valence-electron chi connectivity index (χ3n) is 3.98. The summed E-state index contributed by atoms with van der Waals surface area (Å²) in [5.74, 6) is 0.592. The van der Waals surface area contributed by atoms with Crippen LogP contribution in [0.1, 0.15) is 26.2 Å². The smallest absolute Gasteiger partial charge is 0.227 e. The predicted molar refractivity (Wildman–Crippen MR) is 68.9 cm³/mol. The molecule has 0 saturated carbocycles. The van der Waals surface area contributed by atoms with Crippen LogP contribution in [-0.2, 0) is 4.79 Å². The van der Waals surface area contributed by atoms with E-state index in [0.717, 1.165) is 52.0 Å². The standard InChI is InChI=1S/C13H25N3O/c1-11-10-15(2)7-4-8-16(11)13(17)12-5-3-6-14-9-12/h11-12,14H,3-10H2,1-2H3. The number of carbonyl (C=O) groups excluding carboxylic acids is 1. The van der Waals surface area contributed by atoms with Crippen molar-refractivity contribution in [2.45, 2.75) is 32.2 Å². The highest BCUT2D eigenvalue weighted by atomic mass is 16.2. The molecule has 0 spiro atoms. The number of hydrogen-bond donors (Lipinski definition) is 1. The van der Waals surface area contributed by atoms with Crippen LogP contribution in [0.3, 0.4) is 0 Å². The Morgan fingerprint density at radius 2 is 2.12 bits per heavy atom. The van der Waals surface area contributed by atoms with Crippen molar-refractivity contribution in [1.29, 1.82) is 0 Å². The summed E-state index contributed by atoms with van der Waals surface area (Å²) in [6, 6.07) is 0.358. The number of hydrogen-bond acceptors (Lipinski definition) is 3. The van der Waals surface area contributed by atoms with Crippen LogP contribution in [0.25, 0.3) is 0 Å². The SMILES string of the molecule is CC1CN(C)CCCN1C(=O)C1CCCNC1. The summed E-state index contributed by atoms with van der Waals surface area (Å²) in [7, 11) is 2.15. The minimum absolute atomic E-state index is 0.217. The normalized spacial score (nSPS) is 32.2. The van der Waals surface area contributed by atoms with Crippen molar-refractivity contribution >= 4 is 5.91 Å². The zero-order chi connectivity index (χ0) is 12.3. The van der Waals surface area contributed by atoms with Gasteiger partial charge in [0.25, 0.3) is 0 Å². The van der Waals surface area contributed by atoms with Crippen LogP contribution in [0.4, 0.5) is 0 Å². The monoisotopic (exact) mass is 239 g/mol. The Morgan fingerprint density at radius 1 is 1.29 bits per heavy atom. The van der Waals surface area contributed by atoms with Crippen LogP contribution < -0.4 is 5.32 Å². The van der Waals surface area contributed by atoms with Gasteiger partial charge in [-0.05, 0) is 46.3 Å². The van der Waals surface area contributed by atoms with Crippen LogP contribution in [0, 0.1) is 5.92 Å². The van der Waals surface area contributed by atoms with E-state index < -0.39 is 0 Å². The lowest BCUT2D eigenvalue weighted by molar-refractivity contribution is -0.138. The Bertz CT molecular complexity index is 263. The summed E-state index contributed by atoms with van der Waals surface area (Å²) in [5.41, 5.74) is 0. The Kier molecular flexibility index (Phi) is 4.40. The van der Waals surface area contributed by atoms with E-state index in [1.165, 1.54) is 0 Å². The minimum Gasteiger partial charge on any atom is -0.338 e. The Hall–Kier alpha value is -0.610. The third-order valence-corrected chi connectivity index (χ3v) is 3.98. The first-order valence-electron chi connectivity index (χ1n) is 6.88. The summed E-state index contributed by atoms with van der Waals surface area (Å²) < 4.78 is 0. The molecule has 0 aromatic carbocycles. The average molecular weight is 239 g/mol. The topological polar surface area (TPSA) is 35.6 Å². The second-order valence-electron chi connectivity index (χ2n) is 5.54. The van der Waals surface area contributed by atoms with E-state index in [-0.39, 0.29) is 5.92 Å². The number of nitrogens with one attached hydrogen (secondary N) is 1. The van der Waals surface area contributed by atoms with E-state index in [2.05, 4.69) is 29.1 Å². The molecule has 98 valence electrons. The molecule has 17 heavy (non-hydrogen) atoms. The first-order chi connectivity index (χ1) is 8.18. The summed E-state index contributed by atoms with van der Waals surface area (Å²) in [6.45, 7) is 7.17. The Morgan fingerprint density at radius 3 is 2.82 bits per heavy atom. The quantitative estimate of drug-likeness (QED) is 0.725. The molecule has 2 heterocycles. The Balaban J connectivity index is 1.96. The van der Waals surface area contributed by atoms with Gasteiger partial charge in [-0.2, -0.15) is 0 Å². The second kappa shape index (κ2) is 5.83. The van der Waals surface area contributed by atoms with Gasteiger partial charge in [0.15, 0.2) is 0 Å². The molecule has 2 saturated heterocycles. The van der Waals surface area contributed by atoms with Crippen molar-refractivity contribution in [3.8, 4) is 0 Å². The summed E-state index contributed by atoms with van der Waals surface area (Å²) >= 11 is 0. The van der Waals surface area contributed by atoms with Crippen LogP contribution in [-0.4, -0.2) is 61.5 Å². The van der Waals surface area contributed by atoms with E-state index in [0.29, 0.717) is 11.9 Å². The average Bonchev–Trinajstić information content (AvgIpc) is 2.50. The Labute approximate surface area is 104 Å². The maximum atomic E-state index is 12.5. The minimum atomic E-state index is 0.217. The van der Waals surface area contributed by atoms with E-state index in [4.69, 9.17) is 0 Å². The third kappa shape index (κ3) is 3.19. The highest BCUT2D eigenvalue weighted by Gasteiger charge is 2.30. The van der Waals surface area contributed by atoms with Gasteiger partial charge in [-0.15, -0.1) is 0 Å². The molecule has 4 heteroatoms. The molecule has 0 aliphatic carbocycles. The molecular formula is C13H25N3O. The number of likely N-dealkylation sites (N-methyl/N-ethyl adjacent to an activating group) is 1. The van der Waals surface area contributed by atoms with Gasteiger partial charge in [0.1, 0.15) is 0 Å². The number of rotatable bonds is 1. The zero-order valence-electron chi connectivity index (χ0n) is 11.1. The first-order valence-corrected chi connectivity index (χ1v) is 6.88. The molecule has 2 atom stereocenters. The van der Waals surface area contributed by atoms with Crippen molar-refractivity contribution in [3.63, 3.8) is 0 Å². The second-order valence-corrected chi connectivity index (χ2v) is 5.54. The summed E-state index contributed by atoms with van der Waals surface area (Å²) in [6.07, 6.45) is 3.30. The van der Waals surface area contributed by atoms with Crippen LogP contribution in [0.15, 0.2) is 0 Å². The highest BCUT2D eigenvalue weighted by Crippen LogP contribution is 2.17. The maximum Gasteiger partial charge on any atom is 0.227 e. The molecule has 0 bridgehead atoms. The van der Waals surface area contributed by atoms with Gasteiger partial charge in [0.05, 0.1) is 5.92 Å². The summed E-state index contributed by atoms with van der Waals surface area (Å²) in [5, 5.41) is 3.34. The molecule has 2 rings (SSSR count). The van der Waals surface area contributed by atoms with E-state index >= 15 is 0 Å². The highest BCUT2D eigenvalue weighted by molar-refractivity contribution is 5.79. The molecule has 0 radical (unpaired) electrons. The fraction of sp³-hybridized carbons (Fsp3) is 0.923. The van der Waals surface area contributed by atoms with Gasteiger partial charge in [-0.1, -0.05) is 0 Å². The fourth-order valence-electron chi connectivity index (χ4n) is 3.00. The van der Waals surface area contributed by atoms with Gasteiger partial charge in [-0.25, -0.2) is 0 Å². The van der Waals surface area contributed by atoms with Gasteiger partial charge < -0.3 is 15.1 Å². The van der Waals surface area contributed by atoms with Crippen molar-refractivity contribution in [3.05, 3.63) is 0 Å². The molecule has 0 aromatic heterocycles. The molecule has 1 amide bonds. The molecule has 0 aromatic rings. The largest absolute Gasteiger partial charge is 0.338 e. The molecule has 2 aliphatic heterocycles. The van der Waals surface area contributed by atoms with Crippen molar-refractivity contribution in [1.82, 2.24) is 15.1 Å². The maximum absolute atomic E-state index is 12.5.